The fourth-order valence-electron chi connectivity index (χ4n) is 0.359. The monoisotopic (exact) mass is 147 g/mol. The third-order valence-electron chi connectivity index (χ3n) is 0.781. The van der Waals surface area contributed by atoms with E-state index in [0.717, 1.165) is 0 Å². The van der Waals surface area contributed by atoms with Crippen LogP contribution in [0.15, 0.2) is 12.2 Å². The fraction of sp³-hybridized carbons (Fsp3) is 0.750. The second kappa shape index (κ2) is 6.78. The zero-order valence-corrected chi connectivity index (χ0v) is 5.72. The molecule has 2 heteroatoms. The summed E-state index contributed by atoms with van der Waals surface area (Å²) in [6.45, 7) is 2.48. The minimum Gasteiger partial charge on any atom is -0.633 e. The van der Waals surface area contributed by atoms with Gasteiger partial charge in [0.1, 0.15) is 0 Å². The lowest BCUT2D eigenvalue weighted by Gasteiger charge is -2.32. The zero-order valence-electron chi connectivity index (χ0n) is 5.72. The summed E-state index contributed by atoms with van der Waals surface area (Å²) in [5.41, 5.74) is 0. The number of hydrogen-bond donors (Lipinski definition) is 0. The summed E-state index contributed by atoms with van der Waals surface area (Å²) in [6.07, 6.45) is 3.75. The van der Waals surface area contributed by atoms with Gasteiger partial charge in [0.05, 0.1) is 20.6 Å². The van der Waals surface area contributed by atoms with Crippen molar-refractivity contribution in [2.45, 2.75) is 21.8 Å². The van der Waals surface area contributed by atoms with Crippen LogP contribution >= 0.6 is 0 Å². The molecule has 0 saturated heterocycles. The Labute approximate surface area is 65.3 Å². The smallest absolute Gasteiger partial charge is 0.0966 e. The molecule has 0 aromatic rings. The Hall–Kier alpha value is -0.340. The summed E-state index contributed by atoms with van der Waals surface area (Å²) < 4.78 is -0.232. The molecule has 0 spiro atoms. The Balaban J connectivity index is -0.000000245. The van der Waals surface area contributed by atoms with E-state index >= 15 is 0 Å². The van der Waals surface area contributed by atoms with Crippen molar-refractivity contribution >= 4 is 0 Å². The minimum absolute atomic E-state index is 0. The van der Waals surface area contributed by atoms with Gasteiger partial charge >= 0.3 is 0 Å². The lowest BCUT2D eigenvalue weighted by atomic mass is 10.5. The average molecular weight is 147 g/mol. The minimum atomic E-state index is -0.232. The van der Waals surface area contributed by atoms with Gasteiger partial charge in [-0.2, -0.15) is 0 Å². The fourth-order valence-corrected chi connectivity index (χ4v) is 0.359. The number of allylic oxidation sites excluding steroid dienone is 1. The van der Waals surface area contributed by atoms with Crippen LogP contribution in [0.4, 0.5) is 0 Å². The van der Waals surface area contributed by atoms with E-state index < -0.39 is 0 Å². The first kappa shape index (κ1) is 16.3. The van der Waals surface area contributed by atoms with Crippen LogP contribution in [-0.4, -0.2) is 25.3 Å². The third-order valence-corrected chi connectivity index (χ3v) is 0.781. The van der Waals surface area contributed by atoms with Crippen molar-refractivity contribution in [2.24, 2.45) is 0 Å². The highest BCUT2D eigenvalue weighted by Gasteiger charge is 1.93. The van der Waals surface area contributed by atoms with E-state index in [4.69, 9.17) is 0 Å². The summed E-state index contributed by atoms with van der Waals surface area (Å²) in [4.78, 5) is 0. The average Bonchev–Trinajstić information content (AvgIpc) is 1.59. The van der Waals surface area contributed by atoms with E-state index in [1.165, 1.54) is 0 Å². The largest absolute Gasteiger partial charge is 0.633 e. The number of quaternary nitrogens is 1. The molecular formula is C8H21NO. The maximum Gasteiger partial charge on any atom is 0.0966 e. The molecule has 0 fully saturated rings. The molecule has 0 heterocycles. The van der Waals surface area contributed by atoms with Gasteiger partial charge in [-0.3, -0.25) is 0 Å². The van der Waals surface area contributed by atoms with Gasteiger partial charge in [-0.15, -0.1) is 0 Å². The summed E-state index contributed by atoms with van der Waals surface area (Å²) in [6, 6.07) is 0. The van der Waals surface area contributed by atoms with Crippen molar-refractivity contribution in [3.05, 3.63) is 17.4 Å². The quantitative estimate of drug-likeness (QED) is 0.334. The molecule has 0 aliphatic rings. The maximum absolute atomic E-state index is 10.7. The summed E-state index contributed by atoms with van der Waals surface area (Å²) in [7, 11) is 3.25. The van der Waals surface area contributed by atoms with E-state index in [1.807, 2.05) is 19.1 Å². The molecule has 0 aromatic carbocycles. The SMILES string of the molecule is C.C.C/C=C\C[N+](C)(C)[O-]. The van der Waals surface area contributed by atoms with Gasteiger partial charge in [-0.25, -0.2) is 0 Å². The van der Waals surface area contributed by atoms with Crippen LogP contribution in [0.5, 0.6) is 0 Å². The van der Waals surface area contributed by atoms with Crippen LogP contribution in [0.3, 0.4) is 0 Å². The summed E-state index contributed by atoms with van der Waals surface area (Å²) in [5, 5.41) is 10.7. The van der Waals surface area contributed by atoms with Gasteiger partial charge in [0.15, 0.2) is 0 Å². The Morgan fingerprint density at radius 3 is 1.80 bits per heavy atom. The lowest BCUT2D eigenvalue weighted by Crippen LogP contribution is -2.31. The molecule has 0 N–H and O–H groups in total. The first-order valence-corrected chi connectivity index (χ1v) is 2.71. The molecule has 64 valence electrons. The standard InChI is InChI=1S/C6H13NO.2CH4/c1-4-5-6-7(2,3)8;;/h4-5H,6H2,1-3H3;2*1H4/b5-4-;;. The van der Waals surface area contributed by atoms with Crippen molar-refractivity contribution in [3.63, 3.8) is 0 Å². The second-order valence-electron chi connectivity index (χ2n) is 2.33. The third kappa shape index (κ3) is 15.6. The first-order chi connectivity index (χ1) is 3.56. The first-order valence-electron chi connectivity index (χ1n) is 2.71. The molecule has 0 amide bonds. The zero-order chi connectivity index (χ0) is 6.62. The predicted molar refractivity (Wildman–Crippen MR) is 48.6 cm³/mol. The Morgan fingerprint density at radius 1 is 1.30 bits per heavy atom. The highest BCUT2D eigenvalue weighted by atomic mass is 16.5. The summed E-state index contributed by atoms with van der Waals surface area (Å²) >= 11 is 0. The Bertz CT molecular complexity index is 81.7. The highest BCUT2D eigenvalue weighted by molar-refractivity contribution is 4.75. The number of likely N-dealkylation sites (N-methyl/N-ethyl adjacent to an activating group) is 1. The molecular weight excluding hydrogens is 126 g/mol. The van der Waals surface area contributed by atoms with E-state index in [9.17, 15) is 5.21 Å². The molecule has 0 aliphatic heterocycles. The van der Waals surface area contributed by atoms with Crippen molar-refractivity contribution in [3.8, 4) is 0 Å². The molecule has 0 aliphatic carbocycles. The Kier molecular flexibility index (Phi) is 11.1. The van der Waals surface area contributed by atoms with Gasteiger partial charge in [-0.1, -0.05) is 20.9 Å². The molecule has 0 atom stereocenters. The highest BCUT2D eigenvalue weighted by Crippen LogP contribution is 1.90. The van der Waals surface area contributed by atoms with Crippen LogP contribution in [0.25, 0.3) is 0 Å². The van der Waals surface area contributed by atoms with E-state index in [2.05, 4.69) is 0 Å². The van der Waals surface area contributed by atoms with E-state index in [-0.39, 0.29) is 19.5 Å². The lowest BCUT2D eigenvalue weighted by molar-refractivity contribution is -0.833. The molecule has 0 rings (SSSR count). The number of hydroxylamine groups is 3. The topological polar surface area (TPSA) is 23.1 Å². The van der Waals surface area contributed by atoms with Crippen LogP contribution in [0.1, 0.15) is 21.8 Å². The molecule has 0 saturated carbocycles. The number of hydrogen-bond acceptors (Lipinski definition) is 1. The van der Waals surface area contributed by atoms with Gasteiger partial charge < -0.3 is 9.85 Å². The van der Waals surface area contributed by atoms with Gasteiger partial charge in [0, 0.05) is 0 Å². The molecule has 2 nitrogen and oxygen atoms in total. The maximum atomic E-state index is 10.7. The van der Waals surface area contributed by atoms with Crippen molar-refractivity contribution in [1.82, 2.24) is 0 Å². The molecule has 10 heavy (non-hydrogen) atoms. The number of nitrogens with zero attached hydrogens (tertiary/aromatic N) is 1. The second-order valence-corrected chi connectivity index (χ2v) is 2.33. The van der Waals surface area contributed by atoms with Crippen molar-refractivity contribution < 1.29 is 4.65 Å². The molecule has 0 aromatic heterocycles. The van der Waals surface area contributed by atoms with Gasteiger partial charge in [0.25, 0.3) is 0 Å². The van der Waals surface area contributed by atoms with Crippen LogP contribution in [0.2, 0.25) is 0 Å². The van der Waals surface area contributed by atoms with Crippen molar-refractivity contribution in [1.29, 1.82) is 0 Å². The van der Waals surface area contributed by atoms with Gasteiger partial charge in [-0.05, 0) is 13.0 Å². The van der Waals surface area contributed by atoms with E-state index in [1.54, 1.807) is 14.1 Å². The van der Waals surface area contributed by atoms with Crippen LogP contribution in [0, 0.1) is 5.21 Å². The Morgan fingerprint density at radius 2 is 1.70 bits per heavy atom. The van der Waals surface area contributed by atoms with Gasteiger partial charge in [0.2, 0.25) is 0 Å². The molecule has 0 radical (unpaired) electrons. The molecule has 0 unspecified atom stereocenters. The van der Waals surface area contributed by atoms with Crippen molar-refractivity contribution in [2.75, 3.05) is 20.6 Å². The molecule has 0 bridgehead atoms. The van der Waals surface area contributed by atoms with E-state index in [0.29, 0.717) is 6.54 Å². The van der Waals surface area contributed by atoms with Crippen LogP contribution in [-0.2, 0) is 0 Å². The normalized spacial score (nSPS) is 10.4. The predicted octanol–water partition coefficient (Wildman–Crippen LogP) is 2.41. The summed E-state index contributed by atoms with van der Waals surface area (Å²) in [5.74, 6) is 0. The van der Waals surface area contributed by atoms with Crippen LogP contribution < -0.4 is 0 Å². The number of rotatable bonds is 2.